The predicted octanol–water partition coefficient (Wildman–Crippen LogP) is 0.552. The molecule has 0 saturated carbocycles. The molecule has 0 heterocycles. The van der Waals surface area contributed by atoms with Crippen molar-refractivity contribution in [1.29, 1.82) is 0 Å². The van der Waals surface area contributed by atoms with Crippen LogP contribution in [0.2, 0.25) is 0 Å². The molecule has 0 fully saturated rings. The maximum atomic E-state index is 11.5. The number of hydrogen-bond acceptors (Lipinski definition) is 4. The van der Waals surface area contributed by atoms with Gasteiger partial charge in [-0.1, -0.05) is 13.8 Å². The lowest BCUT2D eigenvalue weighted by molar-refractivity contribution is -0.119. The molecule has 6 heteroatoms. The Kier molecular flexibility index (Phi) is 5.17. The number of nitrogens with one attached hydrogen (secondary N) is 2. The number of anilines is 2. The minimum atomic E-state index is -0.535. The summed E-state index contributed by atoms with van der Waals surface area (Å²) >= 11 is 0. The van der Waals surface area contributed by atoms with Crippen molar-refractivity contribution in [2.24, 2.45) is 11.7 Å². The molecule has 0 unspecified atom stereocenters. The Hall–Kier alpha value is -2.24. The lowest BCUT2D eigenvalue weighted by Gasteiger charge is -2.11. The average Bonchev–Trinajstić information content (AvgIpc) is 2.35. The van der Waals surface area contributed by atoms with Crippen molar-refractivity contribution in [3.05, 3.63) is 23.8 Å². The first-order valence-corrected chi connectivity index (χ1v) is 6.10. The van der Waals surface area contributed by atoms with Crippen LogP contribution in [0, 0.1) is 5.92 Å². The molecule has 0 atom stereocenters. The number of benzene rings is 1. The fourth-order valence-corrected chi connectivity index (χ4v) is 1.42. The zero-order valence-corrected chi connectivity index (χ0v) is 11.2. The van der Waals surface area contributed by atoms with Gasteiger partial charge in [-0.15, -0.1) is 0 Å². The fraction of sp³-hybridized carbons (Fsp3) is 0.385. The average molecular weight is 264 g/mol. The third-order valence-electron chi connectivity index (χ3n) is 2.48. The summed E-state index contributed by atoms with van der Waals surface area (Å²) in [6, 6.07) is 4.66. The van der Waals surface area contributed by atoms with Crippen molar-refractivity contribution < 1.29 is 9.59 Å². The van der Waals surface area contributed by atoms with Gasteiger partial charge in [-0.2, -0.15) is 0 Å². The molecule has 2 amide bonds. The van der Waals surface area contributed by atoms with E-state index < -0.39 is 5.91 Å². The Morgan fingerprint density at radius 3 is 2.58 bits per heavy atom. The minimum Gasteiger partial charge on any atom is -0.397 e. The SMILES string of the molecule is CC(C)CNC(=O)CNc1cc(C(N)=O)ccc1N. The molecule has 6 nitrogen and oxygen atoms in total. The molecule has 0 spiro atoms. The van der Waals surface area contributed by atoms with Crippen LogP contribution >= 0.6 is 0 Å². The van der Waals surface area contributed by atoms with Crippen molar-refractivity contribution >= 4 is 23.2 Å². The van der Waals surface area contributed by atoms with Crippen LogP contribution in [-0.2, 0) is 4.79 Å². The number of carbonyl (C=O) groups excluding carboxylic acids is 2. The molecule has 0 aliphatic carbocycles. The van der Waals surface area contributed by atoms with Crippen molar-refractivity contribution in [2.75, 3.05) is 24.1 Å². The molecular formula is C13H20N4O2. The maximum Gasteiger partial charge on any atom is 0.248 e. The van der Waals surface area contributed by atoms with Crippen LogP contribution in [-0.4, -0.2) is 24.9 Å². The molecular weight excluding hydrogens is 244 g/mol. The van der Waals surface area contributed by atoms with Crippen LogP contribution in [0.15, 0.2) is 18.2 Å². The van der Waals surface area contributed by atoms with E-state index in [-0.39, 0.29) is 12.5 Å². The molecule has 0 aliphatic rings. The van der Waals surface area contributed by atoms with E-state index >= 15 is 0 Å². The van der Waals surface area contributed by atoms with Crippen molar-refractivity contribution in [3.63, 3.8) is 0 Å². The Morgan fingerprint density at radius 2 is 2.00 bits per heavy atom. The number of hydrogen-bond donors (Lipinski definition) is 4. The molecule has 1 aromatic carbocycles. The summed E-state index contributed by atoms with van der Waals surface area (Å²) in [5.74, 6) is -0.267. The van der Waals surface area contributed by atoms with E-state index in [1.54, 1.807) is 12.1 Å². The first-order valence-electron chi connectivity index (χ1n) is 6.10. The molecule has 0 saturated heterocycles. The Morgan fingerprint density at radius 1 is 1.32 bits per heavy atom. The lowest BCUT2D eigenvalue weighted by atomic mass is 10.1. The van der Waals surface area contributed by atoms with Gasteiger partial charge in [-0.3, -0.25) is 9.59 Å². The van der Waals surface area contributed by atoms with Crippen LogP contribution in [0.5, 0.6) is 0 Å². The highest BCUT2D eigenvalue weighted by Crippen LogP contribution is 2.19. The standard InChI is InChI=1S/C13H20N4O2/c1-8(2)6-17-12(18)7-16-11-5-9(13(15)19)3-4-10(11)14/h3-5,8,16H,6-7,14H2,1-2H3,(H2,15,19)(H,17,18). The van der Waals surface area contributed by atoms with E-state index in [9.17, 15) is 9.59 Å². The van der Waals surface area contributed by atoms with E-state index in [0.29, 0.717) is 29.4 Å². The highest BCUT2D eigenvalue weighted by Gasteiger charge is 2.07. The number of nitrogen functional groups attached to an aromatic ring is 1. The summed E-state index contributed by atoms with van der Waals surface area (Å²) in [4.78, 5) is 22.6. The number of rotatable bonds is 6. The molecule has 0 aliphatic heterocycles. The zero-order valence-electron chi connectivity index (χ0n) is 11.2. The fourth-order valence-electron chi connectivity index (χ4n) is 1.42. The summed E-state index contributed by atoms with van der Waals surface area (Å²) in [5, 5.41) is 5.66. The lowest BCUT2D eigenvalue weighted by Crippen LogP contribution is -2.32. The second kappa shape index (κ2) is 6.63. The van der Waals surface area contributed by atoms with Gasteiger partial charge in [0.25, 0.3) is 0 Å². The van der Waals surface area contributed by atoms with Crippen LogP contribution in [0.1, 0.15) is 24.2 Å². The van der Waals surface area contributed by atoms with Gasteiger partial charge < -0.3 is 22.1 Å². The van der Waals surface area contributed by atoms with Gasteiger partial charge in [0.1, 0.15) is 0 Å². The first-order chi connectivity index (χ1) is 8.90. The summed E-state index contributed by atoms with van der Waals surface area (Å²) < 4.78 is 0. The quantitative estimate of drug-likeness (QED) is 0.562. The van der Waals surface area contributed by atoms with Gasteiger partial charge in [0, 0.05) is 12.1 Å². The zero-order chi connectivity index (χ0) is 14.4. The van der Waals surface area contributed by atoms with Crippen LogP contribution in [0.3, 0.4) is 0 Å². The molecule has 0 bridgehead atoms. The van der Waals surface area contributed by atoms with E-state index in [1.807, 2.05) is 13.8 Å². The highest BCUT2D eigenvalue weighted by atomic mass is 16.2. The van der Waals surface area contributed by atoms with Gasteiger partial charge >= 0.3 is 0 Å². The second-order valence-corrected chi connectivity index (χ2v) is 4.72. The summed E-state index contributed by atoms with van der Waals surface area (Å²) in [6.07, 6.45) is 0. The molecule has 0 radical (unpaired) electrons. The minimum absolute atomic E-state index is 0.0964. The Bertz CT molecular complexity index is 472. The van der Waals surface area contributed by atoms with Gasteiger partial charge in [-0.25, -0.2) is 0 Å². The van der Waals surface area contributed by atoms with E-state index in [1.165, 1.54) is 6.07 Å². The van der Waals surface area contributed by atoms with Crippen LogP contribution in [0.4, 0.5) is 11.4 Å². The molecule has 6 N–H and O–H groups in total. The largest absolute Gasteiger partial charge is 0.397 e. The number of carbonyl (C=O) groups is 2. The maximum absolute atomic E-state index is 11.5. The van der Waals surface area contributed by atoms with Crippen LogP contribution < -0.4 is 22.1 Å². The van der Waals surface area contributed by atoms with Gasteiger partial charge in [0.05, 0.1) is 17.9 Å². The summed E-state index contributed by atoms with van der Waals surface area (Å²) in [6.45, 7) is 4.75. The van der Waals surface area contributed by atoms with E-state index in [0.717, 1.165) is 0 Å². The molecule has 1 aromatic rings. The molecule has 0 aromatic heterocycles. The van der Waals surface area contributed by atoms with Crippen LogP contribution in [0.25, 0.3) is 0 Å². The number of nitrogens with two attached hydrogens (primary N) is 2. The highest BCUT2D eigenvalue weighted by molar-refractivity contribution is 5.95. The van der Waals surface area contributed by atoms with Gasteiger partial charge in [-0.05, 0) is 24.1 Å². The predicted molar refractivity (Wildman–Crippen MR) is 75.7 cm³/mol. The summed E-state index contributed by atoms with van der Waals surface area (Å²) in [7, 11) is 0. The van der Waals surface area contributed by atoms with Gasteiger partial charge in [0.2, 0.25) is 11.8 Å². The molecule has 1 rings (SSSR count). The Labute approximate surface area is 112 Å². The topological polar surface area (TPSA) is 110 Å². The number of primary amides is 1. The van der Waals surface area contributed by atoms with E-state index in [4.69, 9.17) is 11.5 Å². The monoisotopic (exact) mass is 264 g/mol. The normalized spacial score (nSPS) is 10.3. The smallest absolute Gasteiger partial charge is 0.248 e. The molecule has 19 heavy (non-hydrogen) atoms. The molecule has 104 valence electrons. The number of amides is 2. The third-order valence-corrected chi connectivity index (χ3v) is 2.48. The van der Waals surface area contributed by atoms with Gasteiger partial charge in [0.15, 0.2) is 0 Å². The van der Waals surface area contributed by atoms with E-state index in [2.05, 4.69) is 10.6 Å². The van der Waals surface area contributed by atoms with Crippen molar-refractivity contribution in [1.82, 2.24) is 5.32 Å². The summed E-state index contributed by atoms with van der Waals surface area (Å²) in [5.41, 5.74) is 12.3. The third kappa shape index (κ3) is 4.87. The first kappa shape index (κ1) is 14.8. The Balaban J connectivity index is 2.59. The second-order valence-electron chi connectivity index (χ2n) is 4.72. The van der Waals surface area contributed by atoms with Crippen molar-refractivity contribution in [3.8, 4) is 0 Å². The van der Waals surface area contributed by atoms with Crippen molar-refractivity contribution in [2.45, 2.75) is 13.8 Å².